The van der Waals surface area contributed by atoms with E-state index in [1.165, 1.54) is 11.1 Å². The van der Waals surface area contributed by atoms with E-state index in [1.807, 2.05) is 85.2 Å². The summed E-state index contributed by atoms with van der Waals surface area (Å²) in [5.74, 6) is 0.531. The normalized spacial score (nSPS) is 11.2. The zero-order valence-corrected chi connectivity index (χ0v) is 32.5. The first-order chi connectivity index (χ1) is 27.5. The lowest BCUT2D eigenvalue weighted by Crippen LogP contribution is -2.15. The van der Waals surface area contributed by atoms with Crippen LogP contribution in [-0.2, 0) is 22.3 Å². The summed E-state index contributed by atoms with van der Waals surface area (Å²) in [7, 11) is 0. The SMILES string of the molecule is CCc1ccc(N=Cc2ccc(OCCCCCOC(=O)c3ccccc3C(=O)OCCCCCOc3ccc(C=Nc4ccc(CC)cc4)cc3)cc2)cc1. The second kappa shape index (κ2) is 23.0. The number of carbonyl (C=O) groups excluding carboxylic acids is 2. The molecule has 0 radical (unpaired) electrons. The van der Waals surface area contributed by atoms with Crippen LogP contribution in [0.2, 0.25) is 0 Å². The van der Waals surface area contributed by atoms with E-state index < -0.39 is 11.9 Å². The van der Waals surface area contributed by atoms with Crippen molar-refractivity contribution >= 4 is 35.7 Å². The van der Waals surface area contributed by atoms with Gasteiger partial charge in [-0.05, 0) is 159 Å². The summed E-state index contributed by atoms with van der Waals surface area (Å²) >= 11 is 0. The molecule has 5 rings (SSSR count). The Morgan fingerprint density at radius 2 is 0.839 bits per heavy atom. The van der Waals surface area contributed by atoms with Crippen LogP contribution in [0.15, 0.2) is 131 Å². The van der Waals surface area contributed by atoms with Crippen LogP contribution in [0.5, 0.6) is 11.5 Å². The number of hydrogen-bond acceptors (Lipinski definition) is 8. The Morgan fingerprint density at radius 1 is 0.464 bits per heavy atom. The van der Waals surface area contributed by atoms with Gasteiger partial charge in [-0.15, -0.1) is 0 Å². The number of aliphatic imine (C=N–C) groups is 2. The van der Waals surface area contributed by atoms with Crippen molar-refractivity contribution in [3.8, 4) is 11.5 Å². The van der Waals surface area contributed by atoms with Gasteiger partial charge in [0.15, 0.2) is 0 Å². The Bertz CT molecular complexity index is 1840. The molecule has 8 nitrogen and oxygen atoms in total. The number of hydrogen-bond donors (Lipinski definition) is 0. The van der Waals surface area contributed by atoms with Crippen molar-refractivity contribution < 1.29 is 28.5 Å². The molecule has 0 fully saturated rings. The van der Waals surface area contributed by atoms with Crippen LogP contribution >= 0.6 is 0 Å². The third-order valence-corrected chi connectivity index (χ3v) is 9.12. The molecule has 0 aliphatic rings. The van der Waals surface area contributed by atoms with E-state index in [-0.39, 0.29) is 24.3 Å². The van der Waals surface area contributed by atoms with E-state index in [4.69, 9.17) is 18.9 Å². The van der Waals surface area contributed by atoms with Crippen molar-refractivity contribution in [1.82, 2.24) is 0 Å². The highest BCUT2D eigenvalue weighted by atomic mass is 16.5. The average molecular weight is 753 g/mol. The average Bonchev–Trinajstić information content (AvgIpc) is 3.25. The van der Waals surface area contributed by atoms with E-state index in [0.29, 0.717) is 26.1 Å². The van der Waals surface area contributed by atoms with Gasteiger partial charge in [-0.1, -0.05) is 50.2 Å². The van der Waals surface area contributed by atoms with Gasteiger partial charge in [0.25, 0.3) is 0 Å². The molecule has 0 N–H and O–H groups in total. The summed E-state index contributed by atoms with van der Waals surface area (Å²) in [5.41, 5.74) is 6.86. The van der Waals surface area contributed by atoms with Crippen molar-refractivity contribution in [3.63, 3.8) is 0 Å². The summed E-state index contributed by atoms with van der Waals surface area (Å²) in [4.78, 5) is 34.8. The number of rotatable bonds is 22. The van der Waals surface area contributed by atoms with E-state index in [0.717, 1.165) is 72.5 Å². The number of ether oxygens (including phenoxy) is 4. The molecule has 5 aromatic rings. The maximum Gasteiger partial charge on any atom is 0.339 e. The van der Waals surface area contributed by atoms with Crippen molar-refractivity contribution in [2.45, 2.75) is 65.2 Å². The van der Waals surface area contributed by atoms with Crippen LogP contribution in [0.1, 0.15) is 95.3 Å². The summed E-state index contributed by atoms with van der Waals surface area (Å²) in [6.07, 6.45) is 10.4. The van der Waals surface area contributed by atoms with Gasteiger partial charge in [-0.25, -0.2) is 9.59 Å². The Labute approximate surface area is 331 Å². The molecule has 56 heavy (non-hydrogen) atoms. The van der Waals surface area contributed by atoms with Gasteiger partial charge in [-0.2, -0.15) is 0 Å². The van der Waals surface area contributed by atoms with Crippen LogP contribution in [-0.4, -0.2) is 50.8 Å². The molecule has 8 heteroatoms. The molecule has 5 aromatic carbocycles. The molecular formula is C48H52N2O6. The first-order valence-electron chi connectivity index (χ1n) is 19.7. The molecular weight excluding hydrogens is 701 g/mol. The van der Waals surface area contributed by atoms with E-state index >= 15 is 0 Å². The van der Waals surface area contributed by atoms with Crippen LogP contribution in [0.25, 0.3) is 0 Å². The zero-order valence-electron chi connectivity index (χ0n) is 32.5. The van der Waals surface area contributed by atoms with Crippen LogP contribution in [0.3, 0.4) is 0 Å². The monoisotopic (exact) mass is 752 g/mol. The highest BCUT2D eigenvalue weighted by Crippen LogP contribution is 2.18. The van der Waals surface area contributed by atoms with Gasteiger partial charge < -0.3 is 18.9 Å². The van der Waals surface area contributed by atoms with Gasteiger partial charge in [0.2, 0.25) is 0 Å². The Kier molecular flexibility index (Phi) is 16.9. The molecule has 0 aliphatic heterocycles. The molecule has 290 valence electrons. The lowest BCUT2D eigenvalue weighted by Gasteiger charge is -2.10. The molecule has 0 aromatic heterocycles. The van der Waals surface area contributed by atoms with Crippen molar-refractivity contribution in [2.24, 2.45) is 9.98 Å². The summed E-state index contributed by atoms with van der Waals surface area (Å²) in [5, 5.41) is 0. The Morgan fingerprint density at radius 3 is 1.21 bits per heavy atom. The van der Waals surface area contributed by atoms with E-state index in [9.17, 15) is 9.59 Å². The molecule has 0 heterocycles. The smallest absolute Gasteiger partial charge is 0.339 e. The van der Waals surface area contributed by atoms with Gasteiger partial charge in [0, 0.05) is 12.4 Å². The summed E-state index contributed by atoms with van der Waals surface area (Å²) < 4.78 is 22.7. The highest BCUT2D eigenvalue weighted by Gasteiger charge is 2.19. The quantitative estimate of drug-likeness (QED) is 0.0397. The maximum atomic E-state index is 12.8. The lowest BCUT2D eigenvalue weighted by atomic mass is 10.1. The predicted molar refractivity (Wildman–Crippen MR) is 225 cm³/mol. The number of aryl methyl sites for hydroxylation is 2. The lowest BCUT2D eigenvalue weighted by molar-refractivity contribution is 0.0449. The fourth-order valence-electron chi connectivity index (χ4n) is 5.70. The molecule has 0 bridgehead atoms. The van der Waals surface area contributed by atoms with Gasteiger partial charge >= 0.3 is 11.9 Å². The minimum absolute atomic E-state index is 0.208. The second-order valence-corrected chi connectivity index (χ2v) is 13.3. The fraction of sp³-hybridized carbons (Fsp3) is 0.292. The number of unbranched alkanes of at least 4 members (excludes halogenated alkanes) is 4. The molecule has 0 atom stereocenters. The Balaban J connectivity index is 0.908. The summed E-state index contributed by atoms with van der Waals surface area (Å²) in [6, 6.07) is 38.8. The first kappa shape index (κ1) is 41.1. The third kappa shape index (κ3) is 14.0. The number of carbonyl (C=O) groups is 2. The van der Waals surface area contributed by atoms with Crippen LogP contribution < -0.4 is 9.47 Å². The molecule has 0 aliphatic carbocycles. The van der Waals surface area contributed by atoms with Crippen LogP contribution in [0, 0.1) is 0 Å². The molecule has 0 spiro atoms. The fourth-order valence-corrected chi connectivity index (χ4v) is 5.70. The minimum Gasteiger partial charge on any atom is -0.494 e. The first-order valence-corrected chi connectivity index (χ1v) is 19.7. The third-order valence-electron chi connectivity index (χ3n) is 9.12. The highest BCUT2D eigenvalue weighted by molar-refractivity contribution is 6.03. The van der Waals surface area contributed by atoms with Gasteiger partial charge in [0.05, 0.1) is 48.9 Å². The standard InChI is InChI=1S/C48H52N2O6/c1-3-37-15-23-41(24-16-37)49-35-39-19-27-43(28-20-39)53-31-9-5-11-33-55-47(51)45-13-7-8-14-46(45)48(52)56-34-12-6-10-32-54-44-29-21-40(22-30-44)36-50-42-25-17-38(4-2)18-26-42/h7-8,13-30,35-36H,3-6,9-12,31-34H2,1-2H3. The van der Waals surface area contributed by atoms with Crippen molar-refractivity contribution in [2.75, 3.05) is 26.4 Å². The second-order valence-electron chi connectivity index (χ2n) is 13.3. The topological polar surface area (TPSA) is 95.8 Å². The molecule has 0 unspecified atom stereocenters. The molecule has 0 saturated heterocycles. The zero-order chi connectivity index (χ0) is 39.2. The minimum atomic E-state index is -0.533. The largest absolute Gasteiger partial charge is 0.494 e. The maximum absolute atomic E-state index is 12.8. The van der Waals surface area contributed by atoms with Crippen molar-refractivity contribution in [1.29, 1.82) is 0 Å². The number of esters is 2. The molecule has 0 amide bonds. The van der Waals surface area contributed by atoms with Crippen LogP contribution in [0.4, 0.5) is 11.4 Å². The Hall–Kier alpha value is -6.02. The van der Waals surface area contributed by atoms with Gasteiger partial charge in [0.1, 0.15) is 11.5 Å². The van der Waals surface area contributed by atoms with Crippen molar-refractivity contribution in [3.05, 3.63) is 155 Å². The predicted octanol–water partition coefficient (Wildman–Crippen LogP) is 11.1. The number of benzene rings is 5. The van der Waals surface area contributed by atoms with E-state index in [2.05, 4.69) is 48.1 Å². The number of nitrogens with zero attached hydrogens (tertiary/aromatic N) is 2. The summed E-state index contributed by atoms with van der Waals surface area (Å²) in [6.45, 7) is 5.91. The van der Waals surface area contributed by atoms with Gasteiger partial charge in [-0.3, -0.25) is 9.98 Å². The molecule has 0 saturated carbocycles. The van der Waals surface area contributed by atoms with E-state index in [1.54, 1.807) is 24.3 Å².